The Bertz CT molecular complexity index is 944. The van der Waals surface area contributed by atoms with E-state index in [2.05, 4.69) is 128 Å². The zero-order chi connectivity index (χ0) is 23.4. The predicted octanol–water partition coefficient (Wildman–Crippen LogP) is 8.96. The van der Waals surface area contributed by atoms with Crippen LogP contribution in [0, 0.1) is 0 Å². The molecule has 0 aliphatic rings. The molecular formula is C30H40P2Zr. The van der Waals surface area contributed by atoms with Crippen LogP contribution in [0.1, 0.15) is 55.4 Å². The summed E-state index contributed by atoms with van der Waals surface area (Å²) in [5.41, 5.74) is 3.08. The molecule has 0 amide bonds. The average Bonchev–Trinajstić information content (AvgIpc) is 3.30. The molecule has 0 bridgehead atoms. The molecule has 0 saturated heterocycles. The number of fused-ring (bicyclic) bond motifs is 2. The van der Waals surface area contributed by atoms with E-state index in [-0.39, 0.29) is 42.0 Å². The summed E-state index contributed by atoms with van der Waals surface area (Å²) in [6.07, 6.45) is 0. The van der Waals surface area contributed by atoms with Crippen LogP contribution in [0.25, 0.3) is 21.5 Å². The van der Waals surface area contributed by atoms with E-state index in [1.165, 1.54) is 21.5 Å². The van der Waals surface area contributed by atoms with Crippen molar-refractivity contribution in [1.82, 2.24) is 0 Å². The van der Waals surface area contributed by atoms with Crippen LogP contribution in [-0.4, -0.2) is 22.6 Å². The SMILES string of the molecule is CC(C)P(c1cc2ccccc2[cH-]1)C(C)C.CC(C)P(c1cc2ccccc2[cH-]1)C(C)C.[Zr+2]. The summed E-state index contributed by atoms with van der Waals surface area (Å²) in [7, 11) is -0.0412. The van der Waals surface area contributed by atoms with E-state index in [1.807, 2.05) is 0 Å². The van der Waals surface area contributed by atoms with E-state index in [0.717, 1.165) is 22.6 Å². The van der Waals surface area contributed by atoms with Crippen LogP contribution in [0.3, 0.4) is 0 Å². The quantitative estimate of drug-likeness (QED) is 0.165. The molecule has 4 aromatic rings. The summed E-state index contributed by atoms with van der Waals surface area (Å²) in [4.78, 5) is 0. The fourth-order valence-electron chi connectivity index (χ4n) is 4.95. The van der Waals surface area contributed by atoms with Gasteiger partial charge < -0.3 is 0 Å². The van der Waals surface area contributed by atoms with Crippen molar-refractivity contribution in [2.45, 2.75) is 78.0 Å². The zero-order valence-corrected chi connectivity index (χ0v) is 25.9. The standard InChI is InChI=1S/2C15H20P.Zr/c2*1-11(2)16(12(3)4)15-9-13-7-5-6-8-14(13)10-15;/h2*5-12H,1-4H3;/q2*-1;+2. The summed E-state index contributed by atoms with van der Waals surface area (Å²) in [6.45, 7) is 18.8. The normalized spacial score (nSPS) is 11.8. The van der Waals surface area contributed by atoms with Crippen molar-refractivity contribution in [1.29, 1.82) is 0 Å². The maximum atomic E-state index is 2.39. The average molecular weight is 554 g/mol. The Morgan fingerprint density at radius 1 is 0.515 bits per heavy atom. The maximum absolute atomic E-state index is 2.39. The molecule has 0 radical (unpaired) electrons. The molecule has 0 nitrogen and oxygen atoms in total. The van der Waals surface area contributed by atoms with Crippen LogP contribution in [-0.2, 0) is 26.2 Å². The fraction of sp³-hybridized carbons (Fsp3) is 0.400. The first-order chi connectivity index (χ1) is 15.2. The summed E-state index contributed by atoms with van der Waals surface area (Å²) < 4.78 is 0. The number of benzene rings is 2. The third-order valence-electron chi connectivity index (χ3n) is 6.03. The van der Waals surface area contributed by atoms with Gasteiger partial charge in [0.25, 0.3) is 0 Å². The van der Waals surface area contributed by atoms with Gasteiger partial charge in [0.05, 0.1) is 0 Å². The van der Waals surface area contributed by atoms with Gasteiger partial charge in [-0.3, -0.25) is 0 Å². The minimum atomic E-state index is -0.0206. The van der Waals surface area contributed by atoms with Crippen molar-refractivity contribution in [3.63, 3.8) is 0 Å². The Kier molecular flexibility index (Phi) is 11.2. The van der Waals surface area contributed by atoms with Gasteiger partial charge in [0.1, 0.15) is 0 Å². The maximum Gasteiger partial charge on any atom is 2.00 e. The van der Waals surface area contributed by atoms with Gasteiger partial charge in [-0.25, -0.2) is 0 Å². The van der Waals surface area contributed by atoms with Crippen molar-refractivity contribution >= 4 is 48.0 Å². The van der Waals surface area contributed by atoms with Gasteiger partial charge in [-0.15, -0.1) is 80.7 Å². The first-order valence-electron chi connectivity index (χ1n) is 12.1. The molecule has 0 atom stereocenters. The van der Waals surface area contributed by atoms with E-state index < -0.39 is 0 Å². The molecule has 33 heavy (non-hydrogen) atoms. The Labute approximate surface area is 223 Å². The van der Waals surface area contributed by atoms with Crippen LogP contribution in [0.4, 0.5) is 0 Å². The fourth-order valence-corrected chi connectivity index (χ4v) is 10.9. The molecule has 3 heteroatoms. The Hall–Kier alpha value is -0.597. The third-order valence-corrected chi connectivity index (χ3v) is 12.2. The van der Waals surface area contributed by atoms with Gasteiger partial charge in [0.15, 0.2) is 0 Å². The van der Waals surface area contributed by atoms with Gasteiger partial charge in [-0.1, -0.05) is 83.4 Å². The molecule has 0 N–H and O–H groups in total. The van der Waals surface area contributed by atoms with Crippen LogP contribution >= 0.6 is 15.8 Å². The number of hydrogen-bond donors (Lipinski definition) is 0. The predicted molar refractivity (Wildman–Crippen MR) is 153 cm³/mol. The van der Waals surface area contributed by atoms with E-state index in [0.29, 0.717) is 0 Å². The largest absolute Gasteiger partial charge is 2.00 e. The summed E-state index contributed by atoms with van der Waals surface area (Å²) in [6, 6.07) is 26.9. The molecule has 0 aliphatic heterocycles. The molecule has 0 aromatic heterocycles. The third kappa shape index (κ3) is 7.20. The molecule has 0 unspecified atom stereocenters. The van der Waals surface area contributed by atoms with E-state index in [1.54, 1.807) is 10.6 Å². The molecule has 0 heterocycles. The smallest absolute Gasteiger partial charge is 0.161 e. The molecule has 174 valence electrons. The van der Waals surface area contributed by atoms with Gasteiger partial charge in [0.2, 0.25) is 0 Å². The second-order valence-corrected chi connectivity index (χ2v) is 16.7. The molecule has 0 spiro atoms. The Morgan fingerprint density at radius 3 is 1.09 bits per heavy atom. The van der Waals surface area contributed by atoms with Gasteiger partial charge in [-0.05, 0) is 22.6 Å². The Morgan fingerprint density at radius 2 is 0.818 bits per heavy atom. The molecular weight excluding hydrogens is 514 g/mol. The van der Waals surface area contributed by atoms with Crippen LogP contribution in [0.15, 0.2) is 72.8 Å². The molecule has 4 aromatic carbocycles. The second-order valence-electron chi connectivity index (χ2n) is 9.87. The first kappa shape index (κ1) is 28.6. The molecule has 0 aliphatic carbocycles. The van der Waals surface area contributed by atoms with Crippen LogP contribution in [0.2, 0.25) is 0 Å². The summed E-state index contributed by atoms with van der Waals surface area (Å²) in [5, 5.41) is 8.72. The monoisotopic (exact) mass is 552 g/mol. The minimum absolute atomic E-state index is 0. The van der Waals surface area contributed by atoms with Gasteiger partial charge in [-0.2, -0.15) is 12.1 Å². The van der Waals surface area contributed by atoms with Crippen molar-refractivity contribution in [2.24, 2.45) is 0 Å². The second kappa shape index (κ2) is 12.9. The van der Waals surface area contributed by atoms with Crippen molar-refractivity contribution in [2.75, 3.05) is 0 Å². The topological polar surface area (TPSA) is 0 Å². The molecule has 4 rings (SSSR count). The minimum Gasteiger partial charge on any atom is -0.161 e. The summed E-state index contributed by atoms with van der Waals surface area (Å²) in [5.74, 6) is 0. The number of rotatable bonds is 6. The molecule has 0 fully saturated rings. The van der Waals surface area contributed by atoms with Crippen molar-refractivity contribution in [3.8, 4) is 0 Å². The van der Waals surface area contributed by atoms with Crippen molar-refractivity contribution < 1.29 is 26.2 Å². The van der Waals surface area contributed by atoms with Gasteiger partial charge >= 0.3 is 26.2 Å². The zero-order valence-electron chi connectivity index (χ0n) is 21.6. The van der Waals surface area contributed by atoms with Crippen molar-refractivity contribution in [3.05, 3.63) is 72.8 Å². The van der Waals surface area contributed by atoms with Crippen LogP contribution < -0.4 is 10.6 Å². The van der Waals surface area contributed by atoms with Gasteiger partial charge in [0, 0.05) is 0 Å². The number of hydrogen-bond acceptors (Lipinski definition) is 0. The van der Waals surface area contributed by atoms with E-state index >= 15 is 0 Å². The van der Waals surface area contributed by atoms with E-state index in [4.69, 9.17) is 0 Å². The van der Waals surface area contributed by atoms with E-state index in [9.17, 15) is 0 Å². The Balaban J connectivity index is 0.000000227. The van der Waals surface area contributed by atoms with Crippen LogP contribution in [0.5, 0.6) is 0 Å². The first-order valence-corrected chi connectivity index (χ1v) is 15.0. The molecule has 0 saturated carbocycles. The summed E-state index contributed by atoms with van der Waals surface area (Å²) >= 11 is 0.